The number of benzene rings is 1. The Labute approximate surface area is 170 Å². The van der Waals surface area contributed by atoms with E-state index in [1.807, 2.05) is 17.5 Å². The molecule has 4 heterocycles. The summed E-state index contributed by atoms with van der Waals surface area (Å²) >= 11 is 1.42. The van der Waals surface area contributed by atoms with Crippen molar-refractivity contribution in [2.45, 2.75) is 12.5 Å². The summed E-state index contributed by atoms with van der Waals surface area (Å²) in [5.41, 5.74) is 1.30. The molecule has 0 unspecified atom stereocenters. The first kappa shape index (κ1) is 17.6. The smallest absolute Gasteiger partial charge is 0.278 e. The first-order valence-corrected chi connectivity index (χ1v) is 10.0. The molecule has 1 N–H and O–H groups in total. The lowest BCUT2D eigenvalue weighted by Gasteiger charge is -2.17. The largest absolute Gasteiger partial charge is 0.431 e. The van der Waals surface area contributed by atoms with Crippen molar-refractivity contribution in [3.8, 4) is 10.9 Å². The Bertz CT molecular complexity index is 1130. The van der Waals surface area contributed by atoms with Gasteiger partial charge in [-0.3, -0.25) is 4.79 Å². The molecule has 0 spiro atoms. The van der Waals surface area contributed by atoms with Crippen molar-refractivity contribution in [1.29, 1.82) is 0 Å². The third kappa shape index (κ3) is 3.74. The fraction of sp³-hybridized carbons (Fsp3) is 0.211. The highest BCUT2D eigenvalue weighted by atomic mass is 32.1. The number of carbonyl (C=O) groups is 1. The lowest BCUT2D eigenvalue weighted by Crippen LogP contribution is -2.37. The summed E-state index contributed by atoms with van der Waals surface area (Å²) in [6.45, 7) is 1.53. The molecule has 9 nitrogen and oxygen atoms in total. The summed E-state index contributed by atoms with van der Waals surface area (Å²) in [5, 5.41) is 17.9. The summed E-state index contributed by atoms with van der Waals surface area (Å²) in [6, 6.07) is 10.9. The van der Waals surface area contributed by atoms with E-state index >= 15 is 0 Å². The van der Waals surface area contributed by atoms with Gasteiger partial charge >= 0.3 is 0 Å². The average Bonchev–Trinajstić information content (AvgIpc) is 3.50. The van der Waals surface area contributed by atoms with Gasteiger partial charge in [-0.15, -0.1) is 15.3 Å². The van der Waals surface area contributed by atoms with Gasteiger partial charge in [-0.25, -0.2) is 4.98 Å². The molecule has 29 heavy (non-hydrogen) atoms. The Morgan fingerprint density at radius 3 is 2.93 bits per heavy atom. The summed E-state index contributed by atoms with van der Waals surface area (Å²) in [7, 11) is 0. The van der Waals surface area contributed by atoms with E-state index < -0.39 is 0 Å². The van der Waals surface area contributed by atoms with E-state index in [0.717, 1.165) is 18.8 Å². The highest BCUT2D eigenvalue weighted by Gasteiger charge is 2.25. The molecule has 0 aliphatic carbocycles. The number of rotatable bonds is 5. The minimum Gasteiger partial charge on any atom is -0.431 e. The summed E-state index contributed by atoms with van der Waals surface area (Å²) < 4.78 is 7.27. The normalized spacial score (nSPS) is 16.3. The highest BCUT2D eigenvalue weighted by Crippen LogP contribution is 2.23. The third-order valence-corrected chi connectivity index (χ3v) is 5.37. The number of nitrogens with zero attached hydrogens (tertiary/aromatic N) is 6. The number of amides is 1. The van der Waals surface area contributed by atoms with Crippen LogP contribution in [0, 0.1) is 0 Å². The van der Waals surface area contributed by atoms with E-state index in [1.165, 1.54) is 11.3 Å². The Balaban J connectivity index is 1.20. The fourth-order valence-electron chi connectivity index (χ4n) is 3.28. The number of hydrogen-bond acceptors (Lipinski definition) is 8. The second-order valence-electron chi connectivity index (χ2n) is 6.65. The van der Waals surface area contributed by atoms with E-state index in [4.69, 9.17) is 4.74 Å². The average molecular weight is 407 g/mol. The quantitative estimate of drug-likeness (QED) is 0.542. The Kier molecular flexibility index (Phi) is 4.53. The van der Waals surface area contributed by atoms with Crippen molar-refractivity contribution in [2.75, 3.05) is 18.0 Å². The lowest BCUT2D eigenvalue weighted by molar-refractivity contribution is 0.0940. The van der Waals surface area contributed by atoms with Crippen molar-refractivity contribution in [3.63, 3.8) is 0 Å². The summed E-state index contributed by atoms with van der Waals surface area (Å²) in [5.74, 6) is 1.40. The van der Waals surface area contributed by atoms with Gasteiger partial charge in [-0.1, -0.05) is 11.3 Å². The summed E-state index contributed by atoms with van der Waals surface area (Å²) in [4.78, 5) is 18.8. The zero-order valence-electron chi connectivity index (χ0n) is 15.3. The molecule has 0 radical (unpaired) electrons. The molecule has 3 aromatic heterocycles. The van der Waals surface area contributed by atoms with Crippen LogP contribution in [0.5, 0.6) is 10.9 Å². The van der Waals surface area contributed by atoms with Crippen LogP contribution in [0.1, 0.15) is 16.8 Å². The van der Waals surface area contributed by atoms with Gasteiger partial charge in [0.05, 0.1) is 0 Å². The second kappa shape index (κ2) is 7.47. The number of carbonyl (C=O) groups excluding carboxylic acids is 1. The molecule has 5 rings (SSSR count). The van der Waals surface area contributed by atoms with Gasteiger partial charge in [-0.2, -0.15) is 4.52 Å². The monoisotopic (exact) mass is 407 g/mol. The van der Waals surface area contributed by atoms with Crippen molar-refractivity contribution < 1.29 is 9.53 Å². The predicted octanol–water partition coefficient (Wildman–Crippen LogP) is 2.38. The minimum atomic E-state index is -0.0973. The Morgan fingerprint density at radius 1 is 1.21 bits per heavy atom. The Hall–Kier alpha value is -3.53. The van der Waals surface area contributed by atoms with Crippen LogP contribution in [0.2, 0.25) is 0 Å². The molecule has 1 aliphatic rings. The molecule has 146 valence electrons. The van der Waals surface area contributed by atoms with E-state index in [1.54, 1.807) is 41.3 Å². The first-order valence-electron chi connectivity index (χ1n) is 9.15. The maximum absolute atomic E-state index is 12.6. The number of hydrogen-bond donors (Lipinski definition) is 1. The maximum atomic E-state index is 12.6. The van der Waals surface area contributed by atoms with Gasteiger partial charge in [0, 0.05) is 36.3 Å². The van der Waals surface area contributed by atoms with Crippen LogP contribution in [-0.2, 0) is 0 Å². The van der Waals surface area contributed by atoms with E-state index in [9.17, 15) is 4.79 Å². The number of aromatic nitrogens is 5. The van der Waals surface area contributed by atoms with Crippen LogP contribution >= 0.6 is 11.3 Å². The number of fused-ring (bicyclic) bond motifs is 1. The molecule has 10 heteroatoms. The number of anilines is 1. The molecule has 4 aromatic rings. The van der Waals surface area contributed by atoms with Gasteiger partial charge in [0.25, 0.3) is 11.1 Å². The third-order valence-electron chi connectivity index (χ3n) is 4.73. The lowest BCUT2D eigenvalue weighted by atomic mass is 10.2. The van der Waals surface area contributed by atoms with Crippen molar-refractivity contribution in [2.24, 2.45) is 0 Å². The van der Waals surface area contributed by atoms with E-state index in [0.29, 0.717) is 28.7 Å². The molecule has 1 aliphatic heterocycles. The molecule has 1 amide bonds. The number of nitrogens with one attached hydrogen (secondary N) is 1. The zero-order valence-corrected chi connectivity index (χ0v) is 16.1. The number of ether oxygens (including phenoxy) is 1. The molecule has 0 bridgehead atoms. The predicted molar refractivity (Wildman–Crippen MR) is 107 cm³/mol. The van der Waals surface area contributed by atoms with Gasteiger partial charge in [0.2, 0.25) is 0 Å². The maximum Gasteiger partial charge on any atom is 0.278 e. The first-order chi connectivity index (χ1) is 14.2. The molecule has 1 aromatic carbocycles. The van der Waals surface area contributed by atoms with E-state index in [2.05, 4.69) is 30.5 Å². The molecule has 0 saturated carbocycles. The van der Waals surface area contributed by atoms with Gasteiger partial charge in [0.1, 0.15) is 17.9 Å². The van der Waals surface area contributed by atoms with Crippen LogP contribution in [-0.4, -0.2) is 49.8 Å². The zero-order chi connectivity index (χ0) is 19.6. The molecular weight excluding hydrogens is 390 g/mol. The van der Waals surface area contributed by atoms with Crippen molar-refractivity contribution in [1.82, 2.24) is 30.1 Å². The van der Waals surface area contributed by atoms with Crippen molar-refractivity contribution in [3.05, 3.63) is 59.9 Å². The van der Waals surface area contributed by atoms with Crippen LogP contribution in [0.25, 0.3) is 5.65 Å². The highest BCUT2D eigenvalue weighted by molar-refractivity contribution is 7.11. The fourth-order valence-corrected chi connectivity index (χ4v) is 3.78. The van der Waals surface area contributed by atoms with Gasteiger partial charge in [-0.05, 0) is 42.8 Å². The van der Waals surface area contributed by atoms with Crippen molar-refractivity contribution >= 4 is 28.7 Å². The second-order valence-corrected chi connectivity index (χ2v) is 7.51. The molecule has 1 atom stereocenters. The standard InChI is InChI=1S/C19H17N7O2S/c27-18(13-1-3-15(4-2-13)28-19-20-8-10-29-19)22-14-7-9-25(11-14)17-6-5-16-23-21-12-26(16)24-17/h1-6,8,10,12,14H,7,9,11H2,(H,22,27)/t14-/m0/s1. The van der Waals surface area contributed by atoms with Crippen LogP contribution in [0.15, 0.2) is 54.3 Å². The topological polar surface area (TPSA) is 97.5 Å². The molecule has 1 fully saturated rings. The molecular formula is C19H17N7O2S. The van der Waals surface area contributed by atoms with Crippen LogP contribution in [0.3, 0.4) is 0 Å². The Morgan fingerprint density at radius 2 is 2.10 bits per heavy atom. The van der Waals surface area contributed by atoms with Gasteiger partial charge < -0.3 is 15.0 Å². The van der Waals surface area contributed by atoms with Crippen LogP contribution in [0.4, 0.5) is 5.82 Å². The van der Waals surface area contributed by atoms with Crippen LogP contribution < -0.4 is 15.0 Å². The van der Waals surface area contributed by atoms with E-state index in [-0.39, 0.29) is 11.9 Å². The van der Waals surface area contributed by atoms with Gasteiger partial charge in [0.15, 0.2) is 5.65 Å². The number of thiazole rings is 1. The summed E-state index contributed by atoms with van der Waals surface area (Å²) in [6.07, 6.45) is 4.13. The SMILES string of the molecule is O=C(N[C@H]1CCN(c2ccc3nncn3n2)C1)c1ccc(Oc2nccs2)cc1. The molecule has 1 saturated heterocycles. The minimum absolute atomic E-state index is 0.0622.